The van der Waals surface area contributed by atoms with Crippen LogP contribution in [0.5, 0.6) is 0 Å². The van der Waals surface area contributed by atoms with Crippen molar-refractivity contribution in [3.05, 3.63) is 11.3 Å². The van der Waals surface area contributed by atoms with Gasteiger partial charge in [-0.1, -0.05) is 6.92 Å². The zero-order chi connectivity index (χ0) is 11.4. The minimum Gasteiger partial charge on any atom is -0.370 e. The Morgan fingerprint density at radius 3 is 2.33 bits per heavy atom. The molecule has 0 saturated heterocycles. The molecule has 0 unspecified atom stereocenters. The highest BCUT2D eigenvalue weighted by atomic mass is 15.2. The summed E-state index contributed by atoms with van der Waals surface area (Å²) in [6, 6.07) is 0. The Kier molecular flexibility index (Phi) is 3.88. The maximum absolute atomic E-state index is 4.51. The van der Waals surface area contributed by atoms with Crippen LogP contribution in [0.25, 0.3) is 0 Å². The lowest BCUT2D eigenvalue weighted by atomic mass is 10.2. The van der Waals surface area contributed by atoms with Gasteiger partial charge in [-0.3, -0.25) is 0 Å². The first-order valence-corrected chi connectivity index (χ1v) is 5.38. The molecule has 1 aromatic rings. The van der Waals surface area contributed by atoms with Crippen molar-refractivity contribution in [2.24, 2.45) is 0 Å². The molecule has 0 atom stereocenters. The fourth-order valence-electron chi connectivity index (χ4n) is 1.43. The van der Waals surface area contributed by atoms with Crippen LogP contribution in [0.1, 0.15) is 25.1 Å². The van der Waals surface area contributed by atoms with Crippen molar-refractivity contribution in [2.45, 2.75) is 27.2 Å². The number of hydrogen-bond donors (Lipinski definition) is 1. The summed E-state index contributed by atoms with van der Waals surface area (Å²) in [5.41, 5.74) is 2.27. The number of aryl methyl sites for hydroxylation is 1. The molecular weight excluding hydrogens is 188 g/mol. The van der Waals surface area contributed by atoms with E-state index in [9.17, 15) is 0 Å². The number of anilines is 2. The topological polar surface area (TPSA) is 41.1 Å². The molecule has 1 aromatic heterocycles. The van der Waals surface area contributed by atoms with Crippen molar-refractivity contribution < 1.29 is 0 Å². The number of nitrogens with one attached hydrogen (secondary N) is 1. The molecule has 0 aromatic carbocycles. The van der Waals surface area contributed by atoms with Gasteiger partial charge in [0.05, 0.1) is 5.69 Å². The minimum atomic E-state index is 0.772. The van der Waals surface area contributed by atoms with E-state index in [2.05, 4.69) is 36.1 Å². The predicted octanol–water partition coefficient (Wildman–Crippen LogP) is 1.85. The summed E-state index contributed by atoms with van der Waals surface area (Å²) < 4.78 is 0. The second-order valence-electron chi connectivity index (χ2n) is 3.72. The highest BCUT2D eigenvalue weighted by Crippen LogP contribution is 2.18. The maximum atomic E-state index is 4.51. The number of rotatable bonds is 4. The van der Waals surface area contributed by atoms with Crippen molar-refractivity contribution in [1.82, 2.24) is 9.97 Å². The molecule has 0 aliphatic rings. The fraction of sp³-hybridized carbons (Fsp3) is 0.636. The van der Waals surface area contributed by atoms with E-state index >= 15 is 0 Å². The zero-order valence-electron chi connectivity index (χ0n) is 10.3. The Morgan fingerprint density at radius 1 is 1.20 bits per heavy atom. The van der Waals surface area contributed by atoms with Crippen molar-refractivity contribution >= 4 is 11.8 Å². The molecule has 1 rings (SSSR count). The summed E-state index contributed by atoms with van der Waals surface area (Å²) in [6.07, 6.45) is 0.938. The second kappa shape index (κ2) is 4.96. The summed E-state index contributed by atoms with van der Waals surface area (Å²) in [4.78, 5) is 10.9. The SMILES string of the molecule is CCNc1nc(N(C)C)nc(CC)c1C. The van der Waals surface area contributed by atoms with Crippen LogP contribution in [0.2, 0.25) is 0 Å². The van der Waals surface area contributed by atoms with Crippen LogP contribution < -0.4 is 10.2 Å². The Labute approximate surface area is 91.7 Å². The van der Waals surface area contributed by atoms with Gasteiger partial charge >= 0.3 is 0 Å². The van der Waals surface area contributed by atoms with Gasteiger partial charge in [-0.25, -0.2) is 4.98 Å². The standard InChI is InChI=1S/C11H20N4/c1-6-9-8(3)10(12-7-2)14-11(13-9)15(4)5/h6-7H2,1-5H3,(H,12,13,14). The van der Waals surface area contributed by atoms with Crippen molar-refractivity contribution in [3.63, 3.8) is 0 Å². The normalized spacial score (nSPS) is 10.2. The Bertz CT molecular complexity index is 334. The monoisotopic (exact) mass is 208 g/mol. The summed E-state index contributed by atoms with van der Waals surface area (Å²) in [6.45, 7) is 7.14. The van der Waals surface area contributed by atoms with E-state index in [0.29, 0.717) is 0 Å². The molecule has 0 radical (unpaired) electrons. The number of hydrogen-bond acceptors (Lipinski definition) is 4. The van der Waals surface area contributed by atoms with Gasteiger partial charge in [-0.15, -0.1) is 0 Å². The van der Waals surface area contributed by atoms with Crippen LogP contribution in [0.4, 0.5) is 11.8 Å². The van der Waals surface area contributed by atoms with Crippen LogP contribution in [0.15, 0.2) is 0 Å². The molecule has 0 aliphatic heterocycles. The molecule has 84 valence electrons. The third kappa shape index (κ3) is 2.58. The lowest BCUT2D eigenvalue weighted by Gasteiger charge is -2.16. The Morgan fingerprint density at radius 2 is 1.87 bits per heavy atom. The first-order chi connectivity index (χ1) is 7.10. The minimum absolute atomic E-state index is 0.772. The molecule has 0 spiro atoms. The maximum Gasteiger partial charge on any atom is 0.227 e. The average molecular weight is 208 g/mol. The van der Waals surface area contributed by atoms with Gasteiger partial charge in [0.15, 0.2) is 0 Å². The van der Waals surface area contributed by atoms with Gasteiger partial charge in [-0.05, 0) is 20.3 Å². The lowest BCUT2D eigenvalue weighted by Crippen LogP contribution is -2.16. The van der Waals surface area contributed by atoms with Crippen molar-refractivity contribution in [2.75, 3.05) is 30.9 Å². The molecular formula is C11H20N4. The molecule has 0 aliphatic carbocycles. The molecule has 0 amide bonds. The molecule has 1 N–H and O–H groups in total. The van der Waals surface area contributed by atoms with E-state index in [4.69, 9.17) is 0 Å². The second-order valence-corrected chi connectivity index (χ2v) is 3.72. The van der Waals surface area contributed by atoms with Crippen LogP contribution >= 0.6 is 0 Å². The van der Waals surface area contributed by atoms with Gasteiger partial charge in [0.25, 0.3) is 0 Å². The first-order valence-electron chi connectivity index (χ1n) is 5.38. The first kappa shape index (κ1) is 11.8. The smallest absolute Gasteiger partial charge is 0.227 e. The Hall–Kier alpha value is -1.32. The highest BCUT2D eigenvalue weighted by molar-refractivity contribution is 5.50. The summed E-state index contributed by atoms with van der Waals surface area (Å²) in [5, 5.41) is 3.27. The van der Waals surface area contributed by atoms with Crippen molar-refractivity contribution in [1.29, 1.82) is 0 Å². The molecule has 15 heavy (non-hydrogen) atoms. The van der Waals surface area contributed by atoms with Crippen molar-refractivity contribution in [3.8, 4) is 0 Å². The predicted molar refractivity (Wildman–Crippen MR) is 64.6 cm³/mol. The molecule has 4 heteroatoms. The number of nitrogens with zero attached hydrogens (tertiary/aromatic N) is 3. The molecule has 0 bridgehead atoms. The van der Waals surface area contributed by atoms with Gasteiger partial charge in [0, 0.05) is 26.2 Å². The van der Waals surface area contributed by atoms with E-state index < -0.39 is 0 Å². The van der Waals surface area contributed by atoms with E-state index in [1.807, 2.05) is 19.0 Å². The summed E-state index contributed by atoms with van der Waals surface area (Å²) in [7, 11) is 3.92. The molecule has 4 nitrogen and oxygen atoms in total. The van der Waals surface area contributed by atoms with E-state index in [-0.39, 0.29) is 0 Å². The lowest BCUT2D eigenvalue weighted by molar-refractivity contribution is 0.919. The van der Waals surface area contributed by atoms with Crippen LogP contribution in [0.3, 0.4) is 0 Å². The molecule has 0 fully saturated rings. The van der Waals surface area contributed by atoms with E-state index in [1.165, 1.54) is 0 Å². The molecule has 1 heterocycles. The van der Waals surface area contributed by atoms with Gasteiger partial charge in [0.1, 0.15) is 5.82 Å². The summed E-state index contributed by atoms with van der Waals surface area (Å²) in [5.74, 6) is 1.72. The van der Waals surface area contributed by atoms with E-state index in [1.54, 1.807) is 0 Å². The van der Waals surface area contributed by atoms with Crippen LogP contribution in [0, 0.1) is 6.92 Å². The number of aromatic nitrogens is 2. The van der Waals surface area contributed by atoms with Gasteiger partial charge < -0.3 is 10.2 Å². The third-order valence-electron chi connectivity index (χ3n) is 2.31. The average Bonchev–Trinajstić information content (AvgIpc) is 2.21. The van der Waals surface area contributed by atoms with E-state index in [0.717, 1.165) is 36.0 Å². The third-order valence-corrected chi connectivity index (χ3v) is 2.31. The quantitative estimate of drug-likeness (QED) is 0.819. The summed E-state index contributed by atoms with van der Waals surface area (Å²) >= 11 is 0. The highest BCUT2D eigenvalue weighted by Gasteiger charge is 2.09. The molecule has 0 saturated carbocycles. The largest absolute Gasteiger partial charge is 0.370 e. The van der Waals surface area contributed by atoms with Crippen LogP contribution in [-0.4, -0.2) is 30.6 Å². The Balaban J connectivity index is 3.19. The van der Waals surface area contributed by atoms with Gasteiger partial charge in [-0.2, -0.15) is 4.98 Å². The van der Waals surface area contributed by atoms with Gasteiger partial charge in [0.2, 0.25) is 5.95 Å². The zero-order valence-corrected chi connectivity index (χ0v) is 10.3. The fourth-order valence-corrected chi connectivity index (χ4v) is 1.43. The van der Waals surface area contributed by atoms with Crippen LogP contribution in [-0.2, 0) is 6.42 Å².